The number of aliphatic hydroxyl groups is 1. The molecular formula is C17H11NO4. The first-order chi connectivity index (χ1) is 10.6. The van der Waals surface area contributed by atoms with Gasteiger partial charge in [-0.3, -0.25) is 4.98 Å². The van der Waals surface area contributed by atoms with Crippen LogP contribution in [0.1, 0.15) is 11.7 Å². The van der Waals surface area contributed by atoms with E-state index in [-0.39, 0.29) is 5.76 Å². The number of carboxylic acid groups (broad SMARTS) is 1. The quantitative estimate of drug-likeness (QED) is 0.674. The minimum atomic E-state index is -1.21. The molecule has 0 amide bonds. The van der Waals surface area contributed by atoms with Crippen LogP contribution in [0.5, 0.6) is 5.75 Å². The summed E-state index contributed by atoms with van der Waals surface area (Å²) in [5.74, 6) is -1.14. The van der Waals surface area contributed by atoms with Crippen LogP contribution in [-0.4, -0.2) is 21.2 Å². The number of hydrogen-bond acceptors (Lipinski definition) is 4. The summed E-state index contributed by atoms with van der Waals surface area (Å²) in [6, 6.07) is 11.5. The van der Waals surface area contributed by atoms with Gasteiger partial charge in [-0.05, 0) is 17.5 Å². The average Bonchev–Trinajstić information content (AvgIpc) is 2.54. The number of nitrogens with zero attached hydrogens (tertiary/aromatic N) is 1. The van der Waals surface area contributed by atoms with Crippen molar-refractivity contribution in [1.82, 2.24) is 4.98 Å². The zero-order valence-electron chi connectivity index (χ0n) is 11.4. The van der Waals surface area contributed by atoms with Crippen molar-refractivity contribution in [2.75, 3.05) is 0 Å². The lowest BCUT2D eigenvalue weighted by molar-refractivity contribution is -0.135. The Hall–Kier alpha value is -2.92. The number of hydrogen-bond donors (Lipinski definition) is 2. The molecule has 0 saturated heterocycles. The third kappa shape index (κ3) is 1.76. The molecule has 2 N–H and O–H groups in total. The largest absolute Gasteiger partial charge is 0.475 e. The maximum Gasteiger partial charge on any atom is 0.371 e. The summed E-state index contributed by atoms with van der Waals surface area (Å²) in [6.45, 7) is 0. The van der Waals surface area contributed by atoms with E-state index in [2.05, 4.69) is 4.98 Å². The van der Waals surface area contributed by atoms with Gasteiger partial charge in [0.25, 0.3) is 0 Å². The molecule has 1 aliphatic rings. The number of pyridine rings is 1. The highest BCUT2D eigenvalue weighted by molar-refractivity contribution is 6.07. The number of ether oxygens (including phenoxy) is 1. The lowest BCUT2D eigenvalue weighted by atomic mass is 10.0. The van der Waals surface area contributed by atoms with Crippen LogP contribution >= 0.6 is 0 Å². The van der Waals surface area contributed by atoms with Crippen LogP contribution in [0.4, 0.5) is 0 Å². The van der Waals surface area contributed by atoms with E-state index in [0.29, 0.717) is 16.7 Å². The summed E-state index contributed by atoms with van der Waals surface area (Å²) >= 11 is 0. The van der Waals surface area contributed by atoms with Crippen LogP contribution in [0, 0.1) is 0 Å². The molecule has 1 unspecified atom stereocenters. The first kappa shape index (κ1) is 12.8. The zero-order valence-corrected chi connectivity index (χ0v) is 11.4. The second kappa shape index (κ2) is 4.54. The Balaban J connectivity index is 2.04. The summed E-state index contributed by atoms with van der Waals surface area (Å²) < 4.78 is 5.49. The van der Waals surface area contributed by atoms with E-state index in [0.717, 1.165) is 16.3 Å². The molecule has 1 aromatic heterocycles. The van der Waals surface area contributed by atoms with E-state index in [1.165, 1.54) is 12.3 Å². The van der Waals surface area contributed by atoms with Crippen molar-refractivity contribution in [3.63, 3.8) is 0 Å². The van der Waals surface area contributed by atoms with Gasteiger partial charge in [-0.2, -0.15) is 0 Å². The van der Waals surface area contributed by atoms with Crippen LogP contribution in [0.2, 0.25) is 0 Å². The Morgan fingerprint density at radius 1 is 1.14 bits per heavy atom. The number of aromatic nitrogens is 1. The van der Waals surface area contributed by atoms with Gasteiger partial charge in [-0.15, -0.1) is 0 Å². The van der Waals surface area contributed by atoms with Gasteiger partial charge < -0.3 is 14.9 Å². The van der Waals surface area contributed by atoms with Gasteiger partial charge in [0.05, 0.1) is 5.52 Å². The summed E-state index contributed by atoms with van der Waals surface area (Å²) in [7, 11) is 0. The van der Waals surface area contributed by atoms with Gasteiger partial charge in [0.1, 0.15) is 11.9 Å². The van der Waals surface area contributed by atoms with Crippen molar-refractivity contribution in [3.8, 4) is 5.75 Å². The number of carbonyl (C=O) groups is 1. The molecule has 5 nitrogen and oxygen atoms in total. The molecule has 4 rings (SSSR count). The van der Waals surface area contributed by atoms with Crippen molar-refractivity contribution in [2.24, 2.45) is 0 Å². The fourth-order valence-corrected chi connectivity index (χ4v) is 2.74. The van der Waals surface area contributed by atoms with E-state index < -0.39 is 12.1 Å². The van der Waals surface area contributed by atoms with Gasteiger partial charge in [-0.1, -0.05) is 30.3 Å². The summed E-state index contributed by atoms with van der Waals surface area (Å²) in [6.07, 6.45) is 1.65. The monoisotopic (exact) mass is 293 g/mol. The van der Waals surface area contributed by atoms with Crippen LogP contribution in [0.25, 0.3) is 21.7 Å². The Kier molecular flexibility index (Phi) is 2.64. The molecule has 1 aliphatic heterocycles. The van der Waals surface area contributed by atoms with Crippen LogP contribution in [-0.2, 0) is 4.79 Å². The number of rotatable bonds is 1. The van der Waals surface area contributed by atoms with E-state index in [9.17, 15) is 9.90 Å². The second-order valence-corrected chi connectivity index (χ2v) is 5.11. The zero-order chi connectivity index (χ0) is 15.3. The predicted octanol–water partition coefficient (Wildman–Crippen LogP) is 2.78. The Bertz CT molecular complexity index is 961. The van der Waals surface area contributed by atoms with Gasteiger partial charge >= 0.3 is 5.97 Å². The molecule has 3 aromatic rings. The van der Waals surface area contributed by atoms with E-state index in [4.69, 9.17) is 9.84 Å². The van der Waals surface area contributed by atoms with Gasteiger partial charge in [0, 0.05) is 22.5 Å². The van der Waals surface area contributed by atoms with E-state index in [1.807, 2.05) is 36.4 Å². The summed E-state index contributed by atoms with van der Waals surface area (Å²) in [5, 5.41) is 21.9. The minimum Gasteiger partial charge on any atom is -0.475 e. The number of aliphatic carboxylic acids is 1. The maximum absolute atomic E-state index is 11.1. The highest BCUT2D eigenvalue weighted by atomic mass is 16.5. The fourth-order valence-electron chi connectivity index (χ4n) is 2.74. The summed E-state index contributed by atoms with van der Waals surface area (Å²) in [4.78, 5) is 15.6. The number of aliphatic hydroxyl groups excluding tert-OH is 1. The van der Waals surface area contributed by atoms with Crippen LogP contribution in [0.3, 0.4) is 0 Å². The third-order valence-corrected chi connectivity index (χ3v) is 3.79. The number of carboxylic acids is 1. The lowest BCUT2D eigenvalue weighted by Gasteiger charge is -2.21. The molecule has 0 fully saturated rings. The Morgan fingerprint density at radius 3 is 2.77 bits per heavy atom. The fraction of sp³-hybridized carbons (Fsp3) is 0.0588. The molecule has 1 atom stereocenters. The van der Waals surface area contributed by atoms with E-state index in [1.54, 1.807) is 0 Å². The minimum absolute atomic E-state index is 0.277. The van der Waals surface area contributed by atoms with E-state index >= 15 is 0 Å². The molecule has 2 aromatic carbocycles. The van der Waals surface area contributed by atoms with Gasteiger partial charge in [-0.25, -0.2) is 4.79 Å². The van der Waals surface area contributed by atoms with Gasteiger partial charge in [0.15, 0.2) is 0 Å². The molecule has 2 heterocycles. The molecule has 108 valence electrons. The molecule has 0 spiro atoms. The third-order valence-electron chi connectivity index (χ3n) is 3.79. The molecule has 22 heavy (non-hydrogen) atoms. The predicted molar refractivity (Wildman–Crippen MR) is 80.6 cm³/mol. The molecule has 0 radical (unpaired) electrons. The topological polar surface area (TPSA) is 79.7 Å². The number of benzene rings is 2. The van der Waals surface area contributed by atoms with Crippen molar-refractivity contribution < 1.29 is 19.7 Å². The molecular weight excluding hydrogens is 282 g/mol. The molecule has 5 heteroatoms. The average molecular weight is 293 g/mol. The Morgan fingerprint density at radius 2 is 1.95 bits per heavy atom. The highest BCUT2D eigenvalue weighted by Crippen LogP contribution is 2.39. The number of fused-ring (bicyclic) bond motifs is 5. The SMILES string of the molecule is O=C(O)C1=CC(O)c2cnc3c(ccc4ccccc43)c2O1. The normalized spacial score (nSPS) is 17.0. The first-order valence-electron chi connectivity index (χ1n) is 6.76. The molecule has 0 aliphatic carbocycles. The van der Waals surface area contributed by atoms with Crippen LogP contribution in [0.15, 0.2) is 54.4 Å². The Labute approximate surface area is 125 Å². The van der Waals surface area contributed by atoms with Crippen molar-refractivity contribution >= 4 is 27.6 Å². The summed E-state index contributed by atoms with van der Waals surface area (Å²) in [5.41, 5.74) is 1.18. The van der Waals surface area contributed by atoms with Crippen molar-refractivity contribution in [2.45, 2.75) is 6.10 Å². The smallest absolute Gasteiger partial charge is 0.371 e. The highest BCUT2D eigenvalue weighted by Gasteiger charge is 2.26. The molecule has 0 saturated carbocycles. The van der Waals surface area contributed by atoms with Crippen LogP contribution < -0.4 is 4.74 Å². The van der Waals surface area contributed by atoms with Crippen molar-refractivity contribution in [3.05, 3.63) is 60.0 Å². The van der Waals surface area contributed by atoms with Gasteiger partial charge in [0.2, 0.25) is 5.76 Å². The van der Waals surface area contributed by atoms with Crippen molar-refractivity contribution in [1.29, 1.82) is 0 Å². The second-order valence-electron chi connectivity index (χ2n) is 5.11. The standard InChI is InChI=1S/C17H11NO4/c19-13-7-14(17(20)21)22-16-11-6-5-9-3-1-2-4-10(9)15(11)18-8-12(13)16/h1-8,13,19H,(H,20,21). The lowest BCUT2D eigenvalue weighted by Crippen LogP contribution is -2.16. The maximum atomic E-state index is 11.1. The first-order valence-corrected chi connectivity index (χ1v) is 6.76. The molecule has 0 bridgehead atoms.